The fourth-order valence-corrected chi connectivity index (χ4v) is 2.13. The summed E-state index contributed by atoms with van der Waals surface area (Å²) in [6, 6.07) is 6.34. The van der Waals surface area contributed by atoms with Gasteiger partial charge in [-0.25, -0.2) is 4.79 Å². The lowest BCUT2D eigenvalue weighted by Crippen LogP contribution is -2.48. The van der Waals surface area contributed by atoms with Crippen LogP contribution >= 0.6 is 0 Å². The van der Waals surface area contributed by atoms with Crippen LogP contribution in [0.3, 0.4) is 0 Å². The Hall–Kier alpha value is -2.08. The predicted octanol–water partition coefficient (Wildman–Crippen LogP) is 0.887. The lowest BCUT2D eigenvalue weighted by Gasteiger charge is -2.23. The first kappa shape index (κ1) is 14.3. The van der Waals surface area contributed by atoms with Crippen LogP contribution in [0.1, 0.15) is 23.2 Å². The van der Waals surface area contributed by atoms with E-state index in [0.717, 1.165) is 25.9 Å². The summed E-state index contributed by atoms with van der Waals surface area (Å²) in [6.07, 6.45) is 1.75. The molecule has 6 nitrogen and oxygen atoms in total. The van der Waals surface area contributed by atoms with Gasteiger partial charge in [0.05, 0.1) is 7.11 Å². The minimum absolute atomic E-state index is 0.120. The third-order valence-corrected chi connectivity index (χ3v) is 3.23. The van der Waals surface area contributed by atoms with Crippen molar-refractivity contribution in [3.05, 3.63) is 29.8 Å². The van der Waals surface area contributed by atoms with Crippen LogP contribution in [-0.4, -0.2) is 38.2 Å². The first-order chi connectivity index (χ1) is 9.69. The van der Waals surface area contributed by atoms with E-state index in [1.165, 1.54) is 7.11 Å². The zero-order valence-electron chi connectivity index (χ0n) is 11.4. The average Bonchev–Trinajstić information content (AvgIpc) is 2.48. The Labute approximate surface area is 117 Å². The van der Waals surface area contributed by atoms with Crippen molar-refractivity contribution >= 4 is 11.9 Å². The highest BCUT2D eigenvalue weighted by molar-refractivity contribution is 6.04. The maximum Gasteiger partial charge on any atom is 0.321 e. The first-order valence-corrected chi connectivity index (χ1v) is 6.65. The monoisotopic (exact) mass is 277 g/mol. The number of piperidine rings is 1. The number of benzene rings is 1. The molecule has 1 heterocycles. The Morgan fingerprint density at radius 1 is 1.30 bits per heavy atom. The van der Waals surface area contributed by atoms with Crippen LogP contribution in [0.4, 0.5) is 4.79 Å². The second-order valence-electron chi connectivity index (χ2n) is 4.68. The van der Waals surface area contributed by atoms with Gasteiger partial charge in [-0.3, -0.25) is 10.1 Å². The van der Waals surface area contributed by atoms with Crippen molar-refractivity contribution in [3.63, 3.8) is 0 Å². The second-order valence-corrected chi connectivity index (χ2v) is 4.68. The second kappa shape index (κ2) is 6.91. The predicted molar refractivity (Wildman–Crippen MR) is 74.9 cm³/mol. The van der Waals surface area contributed by atoms with E-state index in [4.69, 9.17) is 4.74 Å². The molecule has 0 aromatic heterocycles. The van der Waals surface area contributed by atoms with Crippen molar-refractivity contribution in [3.8, 4) is 5.75 Å². The van der Waals surface area contributed by atoms with Gasteiger partial charge in [0.2, 0.25) is 0 Å². The topological polar surface area (TPSA) is 79.5 Å². The van der Waals surface area contributed by atoms with Crippen LogP contribution in [0.5, 0.6) is 5.75 Å². The third-order valence-electron chi connectivity index (χ3n) is 3.23. The van der Waals surface area contributed by atoms with Gasteiger partial charge in [-0.2, -0.15) is 0 Å². The van der Waals surface area contributed by atoms with Crippen molar-refractivity contribution in [1.82, 2.24) is 16.0 Å². The Morgan fingerprint density at radius 2 is 2.05 bits per heavy atom. The average molecular weight is 277 g/mol. The van der Waals surface area contributed by atoms with Gasteiger partial charge < -0.3 is 15.4 Å². The summed E-state index contributed by atoms with van der Waals surface area (Å²) in [6.45, 7) is 1.77. The van der Waals surface area contributed by atoms with Gasteiger partial charge in [-0.15, -0.1) is 0 Å². The fourth-order valence-electron chi connectivity index (χ4n) is 2.13. The zero-order valence-corrected chi connectivity index (χ0v) is 11.4. The molecule has 0 spiro atoms. The summed E-state index contributed by atoms with van der Waals surface area (Å²) in [5, 5.41) is 8.35. The maximum atomic E-state index is 11.9. The molecule has 20 heavy (non-hydrogen) atoms. The molecule has 2 rings (SSSR count). The van der Waals surface area contributed by atoms with Crippen molar-refractivity contribution < 1.29 is 14.3 Å². The molecule has 0 saturated carbocycles. The van der Waals surface area contributed by atoms with Crippen LogP contribution in [0.2, 0.25) is 0 Å². The van der Waals surface area contributed by atoms with E-state index in [1.54, 1.807) is 24.3 Å². The van der Waals surface area contributed by atoms with E-state index >= 15 is 0 Å². The molecule has 1 aromatic carbocycles. The molecule has 3 N–H and O–H groups in total. The summed E-state index contributed by atoms with van der Waals surface area (Å²) in [7, 11) is 1.53. The lowest BCUT2D eigenvalue weighted by atomic mass is 10.1. The summed E-state index contributed by atoms with van der Waals surface area (Å²) in [5.74, 6) is 0.145. The lowest BCUT2D eigenvalue weighted by molar-refractivity contribution is 0.0962. The van der Waals surface area contributed by atoms with Gasteiger partial charge in [0.15, 0.2) is 0 Å². The van der Waals surface area contributed by atoms with E-state index in [1.807, 2.05) is 0 Å². The molecule has 1 aliphatic rings. The number of methoxy groups -OCH3 is 1. The largest absolute Gasteiger partial charge is 0.497 e. The molecule has 0 atom stereocenters. The number of urea groups is 1. The van der Waals surface area contributed by atoms with Gasteiger partial charge in [-0.05, 0) is 44.1 Å². The van der Waals surface area contributed by atoms with Crippen molar-refractivity contribution in [2.45, 2.75) is 18.9 Å². The highest BCUT2D eigenvalue weighted by Gasteiger charge is 2.17. The quantitative estimate of drug-likeness (QED) is 0.766. The normalized spacial score (nSPS) is 15.4. The number of rotatable bonds is 3. The summed E-state index contributed by atoms with van der Waals surface area (Å²) < 4.78 is 5.04. The highest BCUT2D eigenvalue weighted by atomic mass is 16.5. The molecule has 0 bridgehead atoms. The minimum atomic E-state index is -0.454. The Morgan fingerprint density at radius 3 is 2.75 bits per heavy atom. The number of amides is 3. The molecule has 6 heteroatoms. The van der Waals surface area contributed by atoms with Crippen LogP contribution in [0.15, 0.2) is 24.3 Å². The van der Waals surface area contributed by atoms with E-state index in [9.17, 15) is 9.59 Å². The fraction of sp³-hybridized carbons (Fsp3) is 0.429. The van der Waals surface area contributed by atoms with Crippen molar-refractivity contribution in [1.29, 1.82) is 0 Å². The van der Waals surface area contributed by atoms with Gasteiger partial charge in [0, 0.05) is 11.6 Å². The molecule has 1 fully saturated rings. The number of ether oxygens (including phenoxy) is 1. The molecule has 1 saturated heterocycles. The zero-order chi connectivity index (χ0) is 14.4. The standard InChI is InChI=1S/C14H19N3O3/c1-20-12-4-2-3-10(9-12)13(18)17-14(19)16-11-5-7-15-8-6-11/h2-4,9,11,15H,5-8H2,1H3,(H2,16,17,18,19). The molecule has 0 radical (unpaired) electrons. The molecule has 3 amide bonds. The van der Waals surface area contributed by atoms with Gasteiger partial charge in [-0.1, -0.05) is 6.07 Å². The minimum Gasteiger partial charge on any atom is -0.497 e. The molecule has 108 valence electrons. The number of imide groups is 1. The molecule has 0 aliphatic carbocycles. The van der Waals surface area contributed by atoms with Crippen LogP contribution in [-0.2, 0) is 0 Å². The van der Waals surface area contributed by atoms with Gasteiger partial charge in [0.25, 0.3) is 5.91 Å². The smallest absolute Gasteiger partial charge is 0.321 e. The van der Waals surface area contributed by atoms with Crippen LogP contribution in [0, 0.1) is 0 Å². The molecular formula is C14H19N3O3. The first-order valence-electron chi connectivity index (χ1n) is 6.65. The molecule has 0 unspecified atom stereocenters. The van der Waals surface area contributed by atoms with Crippen LogP contribution in [0.25, 0.3) is 0 Å². The maximum absolute atomic E-state index is 11.9. The summed E-state index contributed by atoms with van der Waals surface area (Å²) in [4.78, 5) is 23.7. The van der Waals surface area contributed by atoms with E-state index < -0.39 is 11.9 Å². The number of nitrogens with one attached hydrogen (secondary N) is 3. The van der Waals surface area contributed by atoms with Crippen molar-refractivity contribution in [2.75, 3.05) is 20.2 Å². The Kier molecular flexibility index (Phi) is 4.95. The summed E-state index contributed by atoms with van der Waals surface area (Å²) in [5.41, 5.74) is 0.393. The van der Waals surface area contributed by atoms with Gasteiger partial charge >= 0.3 is 6.03 Å². The number of carbonyl (C=O) groups excluding carboxylic acids is 2. The molecule has 1 aromatic rings. The van der Waals surface area contributed by atoms with E-state index in [-0.39, 0.29) is 6.04 Å². The highest BCUT2D eigenvalue weighted by Crippen LogP contribution is 2.12. The SMILES string of the molecule is COc1cccc(C(=O)NC(=O)NC2CCNCC2)c1. The van der Waals surface area contributed by atoms with Crippen molar-refractivity contribution in [2.24, 2.45) is 0 Å². The molecule has 1 aliphatic heterocycles. The van der Waals surface area contributed by atoms with Gasteiger partial charge in [0.1, 0.15) is 5.75 Å². The van der Waals surface area contributed by atoms with E-state index in [2.05, 4.69) is 16.0 Å². The van der Waals surface area contributed by atoms with Crippen LogP contribution < -0.4 is 20.7 Å². The number of hydrogen-bond acceptors (Lipinski definition) is 4. The third kappa shape index (κ3) is 3.96. The molecular weight excluding hydrogens is 258 g/mol. The number of hydrogen-bond donors (Lipinski definition) is 3. The Balaban J connectivity index is 1.88. The summed E-state index contributed by atoms with van der Waals surface area (Å²) >= 11 is 0. The number of carbonyl (C=O) groups is 2. The Bertz CT molecular complexity index is 484. The van der Waals surface area contributed by atoms with E-state index in [0.29, 0.717) is 11.3 Å².